The van der Waals surface area contributed by atoms with E-state index >= 15 is 0 Å². The van der Waals surface area contributed by atoms with E-state index in [0.717, 1.165) is 18.4 Å². The van der Waals surface area contributed by atoms with Gasteiger partial charge in [-0.3, -0.25) is 0 Å². The Balaban J connectivity index is 2.20. The Hall–Kier alpha value is -0.890. The Morgan fingerprint density at radius 3 is 2.60 bits per heavy atom. The maximum absolute atomic E-state index is 13.7. The largest absolute Gasteiger partial charge is 0.324 e. The molecular formula is C13H18FN. The highest BCUT2D eigenvalue weighted by Crippen LogP contribution is 2.35. The molecule has 1 fully saturated rings. The fourth-order valence-corrected chi connectivity index (χ4v) is 2.47. The number of hydrogen-bond acceptors (Lipinski definition) is 1. The van der Waals surface area contributed by atoms with Gasteiger partial charge in [0.05, 0.1) is 0 Å². The number of benzene rings is 1. The molecule has 0 aliphatic heterocycles. The first-order chi connectivity index (χ1) is 7.18. The van der Waals surface area contributed by atoms with Crippen LogP contribution >= 0.6 is 0 Å². The van der Waals surface area contributed by atoms with Gasteiger partial charge >= 0.3 is 0 Å². The van der Waals surface area contributed by atoms with Gasteiger partial charge in [-0.15, -0.1) is 0 Å². The van der Waals surface area contributed by atoms with Crippen molar-refractivity contribution in [3.05, 3.63) is 35.1 Å². The van der Waals surface area contributed by atoms with Crippen LogP contribution in [0.1, 0.15) is 42.9 Å². The molecule has 0 aromatic heterocycles. The smallest absolute Gasteiger partial charge is 0.128 e. The predicted molar refractivity (Wildman–Crippen MR) is 60.0 cm³/mol. The average molecular weight is 207 g/mol. The SMILES string of the molecule is Cc1ccc([C@H](N)C2CCCC2)c(F)c1. The van der Waals surface area contributed by atoms with Gasteiger partial charge in [0.2, 0.25) is 0 Å². The van der Waals surface area contributed by atoms with E-state index in [1.54, 1.807) is 6.07 Å². The third-order valence-electron chi connectivity index (χ3n) is 3.42. The number of aryl methyl sites for hydroxylation is 1. The zero-order chi connectivity index (χ0) is 10.8. The van der Waals surface area contributed by atoms with Crippen molar-refractivity contribution in [1.82, 2.24) is 0 Å². The fourth-order valence-electron chi connectivity index (χ4n) is 2.47. The van der Waals surface area contributed by atoms with E-state index < -0.39 is 0 Å². The lowest BCUT2D eigenvalue weighted by Gasteiger charge is -2.19. The minimum atomic E-state index is -0.144. The molecule has 2 heteroatoms. The number of rotatable bonds is 2. The van der Waals surface area contributed by atoms with Crippen molar-refractivity contribution in [2.24, 2.45) is 11.7 Å². The van der Waals surface area contributed by atoms with Crippen molar-refractivity contribution < 1.29 is 4.39 Å². The van der Waals surface area contributed by atoms with E-state index in [2.05, 4.69) is 0 Å². The van der Waals surface area contributed by atoms with E-state index in [9.17, 15) is 4.39 Å². The average Bonchev–Trinajstić information content (AvgIpc) is 2.69. The van der Waals surface area contributed by atoms with Gasteiger partial charge in [0.15, 0.2) is 0 Å². The highest BCUT2D eigenvalue weighted by molar-refractivity contribution is 5.26. The second-order valence-electron chi connectivity index (χ2n) is 4.60. The van der Waals surface area contributed by atoms with Crippen LogP contribution in [-0.4, -0.2) is 0 Å². The van der Waals surface area contributed by atoms with Gasteiger partial charge in [-0.1, -0.05) is 25.0 Å². The van der Waals surface area contributed by atoms with Crippen molar-refractivity contribution in [2.75, 3.05) is 0 Å². The Morgan fingerprint density at radius 2 is 2.00 bits per heavy atom. The van der Waals surface area contributed by atoms with Crippen LogP contribution in [0.5, 0.6) is 0 Å². The van der Waals surface area contributed by atoms with Crippen molar-refractivity contribution in [1.29, 1.82) is 0 Å². The summed E-state index contributed by atoms with van der Waals surface area (Å²) in [7, 11) is 0. The Morgan fingerprint density at radius 1 is 1.33 bits per heavy atom. The number of nitrogens with two attached hydrogens (primary N) is 1. The molecule has 0 radical (unpaired) electrons. The van der Waals surface area contributed by atoms with E-state index in [1.165, 1.54) is 12.8 Å². The molecule has 1 saturated carbocycles. The second kappa shape index (κ2) is 4.31. The van der Waals surface area contributed by atoms with Crippen molar-refractivity contribution in [3.63, 3.8) is 0 Å². The minimum Gasteiger partial charge on any atom is -0.324 e. The predicted octanol–water partition coefficient (Wildman–Crippen LogP) is 3.32. The third-order valence-corrected chi connectivity index (χ3v) is 3.42. The van der Waals surface area contributed by atoms with Crippen LogP contribution in [0.25, 0.3) is 0 Å². The molecule has 1 aliphatic carbocycles. The molecule has 1 atom stereocenters. The number of halogens is 1. The molecule has 0 heterocycles. The van der Waals surface area contributed by atoms with Gasteiger partial charge in [0.25, 0.3) is 0 Å². The summed E-state index contributed by atoms with van der Waals surface area (Å²) in [6.07, 6.45) is 4.78. The van der Waals surface area contributed by atoms with Crippen molar-refractivity contribution >= 4 is 0 Å². The minimum absolute atomic E-state index is 0.118. The van der Waals surface area contributed by atoms with E-state index in [-0.39, 0.29) is 11.9 Å². The van der Waals surface area contributed by atoms with Crippen LogP contribution in [-0.2, 0) is 0 Å². The lowest BCUT2D eigenvalue weighted by atomic mass is 9.92. The Bertz CT molecular complexity index is 342. The molecular weight excluding hydrogens is 189 g/mol. The molecule has 2 N–H and O–H groups in total. The summed E-state index contributed by atoms with van der Waals surface area (Å²) in [5, 5.41) is 0. The van der Waals surface area contributed by atoms with Gasteiger partial charge < -0.3 is 5.73 Å². The van der Waals surface area contributed by atoms with Crippen LogP contribution in [0.3, 0.4) is 0 Å². The maximum atomic E-state index is 13.7. The molecule has 15 heavy (non-hydrogen) atoms. The molecule has 0 spiro atoms. The summed E-state index contributed by atoms with van der Waals surface area (Å²) in [4.78, 5) is 0. The second-order valence-corrected chi connectivity index (χ2v) is 4.60. The molecule has 0 saturated heterocycles. The molecule has 1 aromatic carbocycles. The molecule has 1 nitrogen and oxygen atoms in total. The molecule has 0 amide bonds. The monoisotopic (exact) mass is 207 g/mol. The lowest BCUT2D eigenvalue weighted by molar-refractivity contribution is 0.429. The summed E-state index contributed by atoms with van der Waals surface area (Å²) in [5.41, 5.74) is 7.75. The summed E-state index contributed by atoms with van der Waals surface area (Å²) in [6.45, 7) is 1.90. The normalized spacial score (nSPS) is 19.4. The Kier molecular flexibility index (Phi) is 3.06. The summed E-state index contributed by atoms with van der Waals surface area (Å²) in [6, 6.07) is 5.23. The quantitative estimate of drug-likeness (QED) is 0.791. The summed E-state index contributed by atoms with van der Waals surface area (Å²) < 4.78 is 13.7. The van der Waals surface area contributed by atoms with Crippen molar-refractivity contribution in [2.45, 2.75) is 38.6 Å². The molecule has 0 unspecified atom stereocenters. The van der Waals surface area contributed by atoms with Gasteiger partial charge in [-0.2, -0.15) is 0 Å². The van der Waals surface area contributed by atoms with E-state index in [0.29, 0.717) is 11.5 Å². The van der Waals surface area contributed by atoms with Gasteiger partial charge in [-0.05, 0) is 37.3 Å². The van der Waals surface area contributed by atoms with Crippen LogP contribution in [0.2, 0.25) is 0 Å². The fraction of sp³-hybridized carbons (Fsp3) is 0.538. The van der Waals surface area contributed by atoms with Gasteiger partial charge in [0.1, 0.15) is 5.82 Å². The van der Waals surface area contributed by atoms with Crippen LogP contribution in [0, 0.1) is 18.7 Å². The molecule has 2 rings (SSSR count). The van der Waals surface area contributed by atoms with Crippen LogP contribution in [0.15, 0.2) is 18.2 Å². The maximum Gasteiger partial charge on any atom is 0.128 e. The lowest BCUT2D eigenvalue weighted by Crippen LogP contribution is -2.20. The highest BCUT2D eigenvalue weighted by atomic mass is 19.1. The van der Waals surface area contributed by atoms with E-state index in [1.807, 2.05) is 19.1 Å². The molecule has 1 aromatic rings. The number of hydrogen-bond donors (Lipinski definition) is 1. The van der Waals surface area contributed by atoms with Crippen LogP contribution in [0.4, 0.5) is 4.39 Å². The summed E-state index contributed by atoms with van der Waals surface area (Å²) >= 11 is 0. The van der Waals surface area contributed by atoms with Crippen LogP contribution < -0.4 is 5.73 Å². The Labute approximate surface area is 90.5 Å². The first kappa shape index (κ1) is 10.6. The van der Waals surface area contributed by atoms with E-state index in [4.69, 9.17) is 5.73 Å². The molecule has 1 aliphatic rings. The van der Waals surface area contributed by atoms with Crippen molar-refractivity contribution in [3.8, 4) is 0 Å². The van der Waals surface area contributed by atoms with Gasteiger partial charge in [-0.25, -0.2) is 4.39 Å². The third kappa shape index (κ3) is 2.20. The van der Waals surface area contributed by atoms with Gasteiger partial charge in [0, 0.05) is 11.6 Å². The molecule has 0 bridgehead atoms. The topological polar surface area (TPSA) is 26.0 Å². The molecule has 82 valence electrons. The zero-order valence-corrected chi connectivity index (χ0v) is 9.17. The standard InChI is InChI=1S/C13H18FN/c1-9-6-7-11(12(14)8-9)13(15)10-4-2-3-5-10/h6-8,10,13H,2-5,15H2,1H3/t13-/m1/s1. The first-order valence-electron chi connectivity index (χ1n) is 5.70. The first-order valence-corrected chi connectivity index (χ1v) is 5.70. The zero-order valence-electron chi connectivity index (χ0n) is 9.17. The highest BCUT2D eigenvalue weighted by Gasteiger charge is 2.24. The summed E-state index contributed by atoms with van der Waals surface area (Å²) in [5.74, 6) is 0.330.